The Morgan fingerprint density at radius 2 is 1.90 bits per heavy atom. The number of nitrogens with two attached hydrogens (primary N) is 1. The van der Waals surface area contributed by atoms with Crippen molar-refractivity contribution < 1.29 is 24.2 Å². The van der Waals surface area contributed by atoms with Crippen LogP contribution in [0.5, 0.6) is 0 Å². The van der Waals surface area contributed by atoms with Gasteiger partial charge in [-0.25, -0.2) is 24.7 Å². The van der Waals surface area contributed by atoms with Gasteiger partial charge < -0.3 is 29.8 Å². The number of piperazine rings is 1. The summed E-state index contributed by atoms with van der Waals surface area (Å²) in [5.41, 5.74) is 7.38. The maximum atomic E-state index is 11.6. The van der Waals surface area contributed by atoms with Gasteiger partial charge in [-0.3, -0.25) is 9.69 Å². The van der Waals surface area contributed by atoms with Crippen molar-refractivity contribution in [2.24, 2.45) is 10.7 Å². The Labute approximate surface area is 236 Å². The quantitative estimate of drug-likeness (QED) is 0.395. The summed E-state index contributed by atoms with van der Waals surface area (Å²) >= 11 is 0. The van der Waals surface area contributed by atoms with E-state index in [1.54, 1.807) is 18.2 Å². The number of imidazole rings is 1. The number of benzene rings is 1. The van der Waals surface area contributed by atoms with Crippen LogP contribution in [0.1, 0.15) is 51.6 Å². The molecule has 13 heteroatoms. The molecule has 41 heavy (non-hydrogen) atoms. The van der Waals surface area contributed by atoms with Gasteiger partial charge in [0.2, 0.25) is 0 Å². The molecule has 2 saturated heterocycles. The third kappa shape index (κ3) is 6.05. The standard InChI is InChI=1S/C28H32N8O5/c29-27(37)19-13-30-23(31-14-19)17-41-26-3-1-2-24(33-26)35-9-7-34(8-10-35)16-25-32-21-5-4-18(28(38)39)12-22(21)36(25)15-20-6-11-40-20/h2,4-5,12-14,20H,1,3,6-11,15-17H2,(H2,29,37)(H,38,39). The average Bonchev–Trinajstić information content (AvgIpc) is 3.30. The Bertz CT molecular complexity index is 1500. The fourth-order valence-corrected chi connectivity index (χ4v) is 5.16. The molecular weight excluding hydrogens is 528 g/mol. The van der Waals surface area contributed by atoms with Crippen LogP contribution in [0.15, 0.2) is 47.5 Å². The molecule has 3 aliphatic rings. The Balaban J connectivity index is 1.07. The summed E-state index contributed by atoms with van der Waals surface area (Å²) in [6.07, 6.45) is 7.58. The fourth-order valence-electron chi connectivity index (χ4n) is 5.16. The molecule has 0 spiro atoms. The van der Waals surface area contributed by atoms with Crippen LogP contribution in [0.4, 0.5) is 0 Å². The van der Waals surface area contributed by atoms with Crippen molar-refractivity contribution in [3.63, 3.8) is 0 Å². The van der Waals surface area contributed by atoms with Crippen LogP contribution < -0.4 is 5.73 Å². The van der Waals surface area contributed by atoms with E-state index >= 15 is 0 Å². The molecule has 0 radical (unpaired) electrons. The van der Waals surface area contributed by atoms with Gasteiger partial charge in [0.05, 0.1) is 41.4 Å². The van der Waals surface area contributed by atoms with E-state index in [1.807, 2.05) is 0 Å². The van der Waals surface area contributed by atoms with Crippen molar-refractivity contribution in [3.05, 3.63) is 65.3 Å². The van der Waals surface area contributed by atoms with E-state index in [9.17, 15) is 14.7 Å². The highest BCUT2D eigenvalue weighted by Crippen LogP contribution is 2.24. The van der Waals surface area contributed by atoms with Crippen LogP contribution in [0.25, 0.3) is 11.0 Å². The monoisotopic (exact) mass is 560 g/mol. The lowest BCUT2D eigenvalue weighted by Crippen LogP contribution is -2.45. The lowest BCUT2D eigenvalue weighted by molar-refractivity contribution is -0.0592. The number of primary amides is 1. The summed E-state index contributed by atoms with van der Waals surface area (Å²) in [4.78, 5) is 45.3. The minimum Gasteiger partial charge on any atom is -0.478 e. The molecule has 2 aromatic heterocycles. The number of carbonyl (C=O) groups excluding carboxylic acids is 1. The number of ether oxygens (including phenoxy) is 2. The first-order chi connectivity index (χ1) is 19.9. The first-order valence-corrected chi connectivity index (χ1v) is 13.8. The summed E-state index contributed by atoms with van der Waals surface area (Å²) in [5, 5.41) is 9.49. The number of aromatic carboxylic acids is 1. The lowest BCUT2D eigenvalue weighted by atomic mass is 10.1. The predicted molar refractivity (Wildman–Crippen MR) is 148 cm³/mol. The molecule has 1 amide bonds. The Hall–Kier alpha value is -4.36. The van der Waals surface area contributed by atoms with E-state index in [-0.39, 0.29) is 23.8 Å². The number of aliphatic imine (C=N–C) groups is 1. The average molecular weight is 561 g/mol. The second kappa shape index (κ2) is 11.6. The van der Waals surface area contributed by atoms with Crippen molar-refractivity contribution in [1.82, 2.24) is 29.3 Å². The molecule has 1 aromatic carbocycles. The van der Waals surface area contributed by atoms with Crippen LogP contribution in [0, 0.1) is 0 Å². The Kier molecular flexibility index (Phi) is 7.61. The summed E-state index contributed by atoms with van der Waals surface area (Å²) in [6, 6.07) is 5.10. The highest BCUT2D eigenvalue weighted by molar-refractivity contribution is 5.93. The SMILES string of the molecule is NC(=O)c1cnc(COC2=NC(N3CCN(Cc4nc5ccc(C(=O)O)cc5n4CC4CCO4)CC3)=CCC2)nc1. The van der Waals surface area contributed by atoms with Gasteiger partial charge in [0, 0.05) is 51.6 Å². The van der Waals surface area contributed by atoms with Gasteiger partial charge in [0.25, 0.3) is 5.91 Å². The molecule has 214 valence electrons. The van der Waals surface area contributed by atoms with E-state index in [1.165, 1.54) is 12.4 Å². The fraction of sp³-hybridized carbons (Fsp3) is 0.429. The largest absolute Gasteiger partial charge is 0.478 e. The molecule has 0 saturated carbocycles. The minimum absolute atomic E-state index is 0.130. The van der Waals surface area contributed by atoms with Crippen molar-refractivity contribution in [2.45, 2.75) is 45.1 Å². The molecule has 3 aromatic rings. The Morgan fingerprint density at radius 1 is 1.12 bits per heavy atom. The first kappa shape index (κ1) is 26.8. The van der Waals surface area contributed by atoms with Gasteiger partial charge >= 0.3 is 5.97 Å². The Morgan fingerprint density at radius 3 is 2.59 bits per heavy atom. The minimum atomic E-state index is -0.947. The smallest absolute Gasteiger partial charge is 0.335 e. The van der Waals surface area contributed by atoms with Crippen LogP contribution in [0.3, 0.4) is 0 Å². The molecule has 2 fully saturated rings. The van der Waals surface area contributed by atoms with E-state index in [0.717, 1.165) is 68.3 Å². The summed E-state index contributed by atoms with van der Waals surface area (Å²) in [5.74, 6) is 1.41. The third-order valence-electron chi connectivity index (χ3n) is 7.60. The molecule has 3 N–H and O–H groups in total. The molecule has 6 rings (SSSR count). The predicted octanol–water partition coefficient (Wildman–Crippen LogP) is 1.78. The zero-order valence-electron chi connectivity index (χ0n) is 22.6. The van der Waals surface area contributed by atoms with Crippen LogP contribution in [-0.2, 0) is 29.2 Å². The van der Waals surface area contributed by atoms with Gasteiger partial charge in [0.1, 0.15) is 18.3 Å². The zero-order chi connectivity index (χ0) is 28.3. The first-order valence-electron chi connectivity index (χ1n) is 13.8. The highest BCUT2D eigenvalue weighted by Gasteiger charge is 2.26. The molecule has 0 bridgehead atoms. The number of carboxylic acid groups (broad SMARTS) is 1. The molecule has 3 aliphatic heterocycles. The van der Waals surface area contributed by atoms with Crippen molar-refractivity contribution in [1.29, 1.82) is 0 Å². The number of rotatable bonds is 9. The molecule has 0 aliphatic carbocycles. The number of carbonyl (C=O) groups is 2. The van der Waals surface area contributed by atoms with Gasteiger partial charge in [-0.05, 0) is 37.1 Å². The van der Waals surface area contributed by atoms with E-state index in [2.05, 4.69) is 30.4 Å². The lowest BCUT2D eigenvalue weighted by Gasteiger charge is -2.36. The van der Waals surface area contributed by atoms with Crippen molar-refractivity contribution >= 4 is 28.8 Å². The van der Waals surface area contributed by atoms with Crippen molar-refractivity contribution in [2.75, 3.05) is 32.8 Å². The molecular formula is C28H32N8O5. The van der Waals surface area contributed by atoms with E-state index < -0.39 is 11.9 Å². The van der Waals surface area contributed by atoms with E-state index in [4.69, 9.17) is 25.2 Å². The topological polar surface area (TPSA) is 161 Å². The summed E-state index contributed by atoms with van der Waals surface area (Å²) in [6.45, 7) is 5.57. The van der Waals surface area contributed by atoms with Gasteiger partial charge in [-0.2, -0.15) is 0 Å². The van der Waals surface area contributed by atoms with Crippen molar-refractivity contribution in [3.8, 4) is 0 Å². The van der Waals surface area contributed by atoms with Gasteiger partial charge in [-0.15, -0.1) is 0 Å². The number of allylic oxidation sites excluding steroid dienone is 1. The van der Waals surface area contributed by atoms with Crippen LogP contribution in [-0.4, -0.2) is 91.1 Å². The van der Waals surface area contributed by atoms with Gasteiger partial charge in [0.15, 0.2) is 11.7 Å². The third-order valence-corrected chi connectivity index (χ3v) is 7.60. The van der Waals surface area contributed by atoms with E-state index in [0.29, 0.717) is 31.2 Å². The second-order valence-corrected chi connectivity index (χ2v) is 10.3. The molecule has 1 atom stereocenters. The highest BCUT2D eigenvalue weighted by atomic mass is 16.5. The number of amides is 1. The van der Waals surface area contributed by atoms with Gasteiger partial charge in [-0.1, -0.05) is 0 Å². The zero-order valence-corrected chi connectivity index (χ0v) is 22.6. The summed E-state index contributed by atoms with van der Waals surface area (Å²) in [7, 11) is 0. The molecule has 1 unspecified atom stereocenters. The number of fused-ring (bicyclic) bond motifs is 1. The second-order valence-electron chi connectivity index (χ2n) is 10.3. The maximum Gasteiger partial charge on any atom is 0.335 e. The molecule has 13 nitrogen and oxygen atoms in total. The normalized spacial score (nSPS) is 19.4. The molecule has 5 heterocycles. The van der Waals surface area contributed by atoms with Crippen LogP contribution >= 0.6 is 0 Å². The number of nitrogens with zero attached hydrogens (tertiary/aromatic N) is 7. The number of hydrogen-bond donors (Lipinski definition) is 2. The number of hydrogen-bond acceptors (Lipinski definition) is 10. The summed E-state index contributed by atoms with van der Waals surface area (Å²) < 4.78 is 13.7. The number of carboxylic acids is 1. The number of aromatic nitrogens is 4. The van der Waals surface area contributed by atoms with Crippen LogP contribution in [0.2, 0.25) is 0 Å². The maximum absolute atomic E-state index is 11.6.